The number of anilines is 1. The van der Waals surface area contributed by atoms with E-state index in [9.17, 15) is 0 Å². The Balaban J connectivity index is 1.40. The molecule has 0 bridgehead atoms. The van der Waals surface area contributed by atoms with Crippen LogP contribution in [0, 0.1) is 0 Å². The van der Waals surface area contributed by atoms with Crippen molar-refractivity contribution in [3.05, 3.63) is 47.6 Å². The molecule has 1 aliphatic heterocycles. The van der Waals surface area contributed by atoms with E-state index in [0.717, 1.165) is 37.9 Å². The number of nitrogens with one attached hydrogen (secondary N) is 1. The Hall–Kier alpha value is -1.85. The largest absolute Gasteiger partial charge is 0.357 e. The lowest BCUT2D eigenvalue weighted by Gasteiger charge is -2.34. The van der Waals surface area contributed by atoms with Crippen LogP contribution in [0.1, 0.15) is 5.69 Å². The zero-order valence-electron chi connectivity index (χ0n) is 11.8. The Morgan fingerprint density at radius 2 is 2.00 bits per heavy atom. The first kappa shape index (κ1) is 12.9. The number of nitrogens with zero attached hydrogens (tertiary/aromatic N) is 3. The van der Waals surface area contributed by atoms with Crippen LogP contribution < -0.4 is 4.90 Å². The summed E-state index contributed by atoms with van der Waals surface area (Å²) in [5.74, 6) is 0. The minimum absolute atomic E-state index is 1.00. The molecule has 4 rings (SSSR count). The summed E-state index contributed by atoms with van der Waals surface area (Å²) in [4.78, 5) is 12.8. The van der Waals surface area contributed by atoms with Crippen molar-refractivity contribution < 1.29 is 0 Å². The van der Waals surface area contributed by atoms with Crippen molar-refractivity contribution in [2.24, 2.45) is 0 Å². The van der Waals surface area contributed by atoms with Crippen molar-refractivity contribution in [3.8, 4) is 0 Å². The number of para-hydroxylation sites is 1. The summed E-state index contributed by atoms with van der Waals surface area (Å²) in [5, 5.41) is 4.50. The average molecular weight is 298 g/mol. The fraction of sp³-hybridized carbons (Fsp3) is 0.312. The molecule has 1 saturated heterocycles. The van der Waals surface area contributed by atoms with Gasteiger partial charge in [0.25, 0.3) is 0 Å². The highest BCUT2D eigenvalue weighted by Gasteiger charge is 2.19. The number of aromatic nitrogens is 2. The van der Waals surface area contributed by atoms with Crippen LogP contribution in [-0.4, -0.2) is 41.0 Å². The van der Waals surface area contributed by atoms with E-state index < -0.39 is 0 Å². The molecule has 1 fully saturated rings. The minimum atomic E-state index is 1.00. The number of thiazole rings is 1. The second-order valence-electron chi connectivity index (χ2n) is 5.46. The van der Waals surface area contributed by atoms with Crippen molar-refractivity contribution in [1.29, 1.82) is 0 Å². The molecular formula is C16H18N4S. The summed E-state index contributed by atoms with van der Waals surface area (Å²) in [5.41, 5.74) is 2.54. The smallest absolute Gasteiger partial charge is 0.185 e. The molecule has 0 spiro atoms. The first-order chi connectivity index (χ1) is 10.4. The Bertz CT molecular complexity index is 678. The molecule has 3 heterocycles. The second-order valence-corrected chi connectivity index (χ2v) is 6.33. The molecule has 1 aliphatic rings. The van der Waals surface area contributed by atoms with Crippen LogP contribution in [0.5, 0.6) is 0 Å². The van der Waals surface area contributed by atoms with E-state index in [4.69, 9.17) is 0 Å². The third kappa shape index (κ3) is 2.66. The van der Waals surface area contributed by atoms with Gasteiger partial charge in [-0.25, -0.2) is 4.98 Å². The van der Waals surface area contributed by atoms with E-state index in [1.165, 1.54) is 16.6 Å². The van der Waals surface area contributed by atoms with Gasteiger partial charge in [-0.2, -0.15) is 0 Å². The van der Waals surface area contributed by atoms with E-state index in [1.807, 2.05) is 11.6 Å². The second kappa shape index (κ2) is 5.50. The summed E-state index contributed by atoms with van der Waals surface area (Å²) < 4.78 is 0. The van der Waals surface area contributed by atoms with Crippen LogP contribution in [0.25, 0.3) is 10.9 Å². The molecule has 0 aliphatic carbocycles. The Morgan fingerprint density at radius 1 is 1.14 bits per heavy atom. The molecule has 1 N–H and O–H groups in total. The standard InChI is InChI=1S/C16H18N4S/c1-2-4-15-13(3-1)11-14(18-15)12-19-6-8-20(9-7-19)16-17-5-10-21-16/h1-5,10-11,18H,6-9,12H2. The van der Waals surface area contributed by atoms with Gasteiger partial charge in [-0.05, 0) is 17.5 Å². The van der Waals surface area contributed by atoms with Gasteiger partial charge in [-0.1, -0.05) is 18.2 Å². The Morgan fingerprint density at radius 3 is 2.76 bits per heavy atom. The zero-order chi connectivity index (χ0) is 14.1. The summed E-state index contributed by atoms with van der Waals surface area (Å²) in [7, 11) is 0. The first-order valence-electron chi connectivity index (χ1n) is 7.32. The van der Waals surface area contributed by atoms with E-state index in [0.29, 0.717) is 0 Å². The van der Waals surface area contributed by atoms with Crippen LogP contribution in [0.3, 0.4) is 0 Å². The highest BCUT2D eigenvalue weighted by molar-refractivity contribution is 7.13. The topological polar surface area (TPSA) is 35.2 Å². The molecule has 0 unspecified atom stereocenters. The maximum atomic E-state index is 4.40. The van der Waals surface area contributed by atoms with Gasteiger partial charge < -0.3 is 9.88 Å². The zero-order valence-corrected chi connectivity index (χ0v) is 12.6. The van der Waals surface area contributed by atoms with Crippen LogP contribution in [0.2, 0.25) is 0 Å². The lowest BCUT2D eigenvalue weighted by Crippen LogP contribution is -2.45. The van der Waals surface area contributed by atoms with Crippen molar-refractivity contribution in [2.75, 3.05) is 31.1 Å². The molecule has 0 amide bonds. The van der Waals surface area contributed by atoms with E-state index in [1.54, 1.807) is 11.3 Å². The number of aromatic amines is 1. The third-order valence-electron chi connectivity index (χ3n) is 4.04. The number of benzene rings is 1. The summed E-state index contributed by atoms with van der Waals surface area (Å²) in [6, 6.07) is 10.7. The highest BCUT2D eigenvalue weighted by Crippen LogP contribution is 2.20. The lowest BCUT2D eigenvalue weighted by atomic mass is 10.2. The fourth-order valence-corrected chi connectivity index (χ4v) is 3.63. The Kier molecular flexibility index (Phi) is 3.37. The normalized spacial score (nSPS) is 16.7. The van der Waals surface area contributed by atoms with Crippen molar-refractivity contribution in [1.82, 2.24) is 14.9 Å². The molecule has 0 atom stereocenters. The number of hydrogen-bond acceptors (Lipinski definition) is 4. The number of fused-ring (bicyclic) bond motifs is 1. The number of piperazine rings is 1. The van der Waals surface area contributed by atoms with Crippen LogP contribution in [-0.2, 0) is 6.54 Å². The van der Waals surface area contributed by atoms with E-state index in [2.05, 4.69) is 50.1 Å². The molecule has 2 aromatic heterocycles. The lowest BCUT2D eigenvalue weighted by molar-refractivity contribution is 0.247. The fourth-order valence-electron chi connectivity index (χ4n) is 2.93. The van der Waals surface area contributed by atoms with Gasteiger partial charge in [0.2, 0.25) is 0 Å². The van der Waals surface area contributed by atoms with Crippen molar-refractivity contribution in [2.45, 2.75) is 6.54 Å². The first-order valence-corrected chi connectivity index (χ1v) is 8.20. The van der Waals surface area contributed by atoms with Crippen LogP contribution in [0.15, 0.2) is 41.9 Å². The van der Waals surface area contributed by atoms with Crippen LogP contribution >= 0.6 is 11.3 Å². The quantitative estimate of drug-likeness (QED) is 0.807. The van der Waals surface area contributed by atoms with Gasteiger partial charge in [0.15, 0.2) is 5.13 Å². The molecular weight excluding hydrogens is 280 g/mol. The minimum Gasteiger partial charge on any atom is -0.357 e. The Labute approximate surface area is 128 Å². The molecule has 3 aromatic rings. The van der Waals surface area contributed by atoms with Gasteiger partial charge >= 0.3 is 0 Å². The maximum absolute atomic E-state index is 4.40. The maximum Gasteiger partial charge on any atom is 0.185 e. The summed E-state index contributed by atoms with van der Waals surface area (Å²) in [6.07, 6.45) is 1.89. The van der Waals surface area contributed by atoms with Gasteiger partial charge in [-0.15, -0.1) is 11.3 Å². The molecule has 0 radical (unpaired) electrons. The number of hydrogen-bond donors (Lipinski definition) is 1. The molecule has 4 nitrogen and oxygen atoms in total. The van der Waals surface area contributed by atoms with Gasteiger partial charge in [0.05, 0.1) is 0 Å². The van der Waals surface area contributed by atoms with Crippen molar-refractivity contribution >= 4 is 27.4 Å². The van der Waals surface area contributed by atoms with Gasteiger partial charge in [0, 0.05) is 55.5 Å². The summed E-state index contributed by atoms with van der Waals surface area (Å²) in [6.45, 7) is 5.31. The summed E-state index contributed by atoms with van der Waals surface area (Å²) >= 11 is 1.73. The predicted molar refractivity (Wildman–Crippen MR) is 87.9 cm³/mol. The number of H-pyrrole nitrogens is 1. The predicted octanol–water partition coefficient (Wildman–Crippen LogP) is 2.95. The highest BCUT2D eigenvalue weighted by atomic mass is 32.1. The molecule has 108 valence electrons. The monoisotopic (exact) mass is 298 g/mol. The van der Waals surface area contributed by atoms with Gasteiger partial charge in [0.1, 0.15) is 0 Å². The molecule has 21 heavy (non-hydrogen) atoms. The average Bonchev–Trinajstić information content (AvgIpc) is 3.17. The molecule has 1 aromatic carbocycles. The third-order valence-corrected chi connectivity index (χ3v) is 4.87. The van der Waals surface area contributed by atoms with E-state index >= 15 is 0 Å². The van der Waals surface area contributed by atoms with Gasteiger partial charge in [-0.3, -0.25) is 4.90 Å². The SMILES string of the molecule is c1ccc2[nH]c(CN3CCN(c4nccs4)CC3)cc2c1. The van der Waals surface area contributed by atoms with E-state index in [-0.39, 0.29) is 0 Å². The number of rotatable bonds is 3. The molecule has 5 heteroatoms. The van der Waals surface area contributed by atoms with Crippen molar-refractivity contribution in [3.63, 3.8) is 0 Å². The molecule has 0 saturated carbocycles. The van der Waals surface area contributed by atoms with Crippen LogP contribution in [0.4, 0.5) is 5.13 Å².